The maximum absolute atomic E-state index is 12.6. The molecule has 3 unspecified atom stereocenters. The van der Waals surface area contributed by atoms with E-state index in [2.05, 4.69) is 211 Å². The van der Waals surface area contributed by atoms with Crippen molar-refractivity contribution in [3.63, 3.8) is 0 Å². The summed E-state index contributed by atoms with van der Waals surface area (Å²) in [5, 5.41) is 7.39. The van der Waals surface area contributed by atoms with Gasteiger partial charge in [0.15, 0.2) is 17.2 Å². The first-order chi connectivity index (χ1) is 69.1. The van der Waals surface area contributed by atoms with Crippen LogP contribution in [0.1, 0.15) is 82.7 Å². The van der Waals surface area contributed by atoms with Gasteiger partial charge in [0.2, 0.25) is 17.3 Å². The molecule has 6 aliphatic rings. The third kappa shape index (κ3) is 26.8. The van der Waals surface area contributed by atoms with Crippen molar-refractivity contribution in [2.75, 3.05) is 180 Å². The molecule has 33 heteroatoms. The Morgan fingerprint density at radius 1 is 0.423 bits per heavy atom. The highest BCUT2D eigenvalue weighted by Gasteiger charge is 2.31. The van der Waals surface area contributed by atoms with Crippen LogP contribution in [0.25, 0.3) is 33.8 Å². The average Bonchev–Trinajstić information content (AvgIpc) is 0.776. The molecule has 8 aromatic carbocycles. The van der Waals surface area contributed by atoms with Crippen molar-refractivity contribution in [2.45, 2.75) is 101 Å². The van der Waals surface area contributed by atoms with E-state index in [9.17, 15) is 4.79 Å². The van der Waals surface area contributed by atoms with Gasteiger partial charge in [-0.05, 0) is 269 Å². The molecule has 0 amide bonds. The van der Waals surface area contributed by atoms with Crippen molar-refractivity contribution >= 4 is 86.3 Å². The molecule has 12 heterocycles. The van der Waals surface area contributed by atoms with Gasteiger partial charge in [0, 0.05) is 131 Å². The maximum atomic E-state index is 12.6. The van der Waals surface area contributed by atoms with Crippen LogP contribution in [0.2, 0.25) is 0 Å². The first kappa shape index (κ1) is 101. The topological polar surface area (TPSA) is 298 Å². The van der Waals surface area contributed by atoms with E-state index in [1.165, 1.54) is 3.57 Å². The molecule has 20 rings (SSSR count). The molecule has 3 saturated heterocycles. The minimum absolute atomic E-state index is 0.00880. The minimum atomic E-state index is -0.136. The zero-order chi connectivity index (χ0) is 98.5. The summed E-state index contributed by atoms with van der Waals surface area (Å²) in [5.74, 6) is 7.58. The fraction of sp³-hybridized carbons (Fsp3) is 0.312. The van der Waals surface area contributed by atoms with Crippen LogP contribution >= 0.6 is 57.9 Å². The Morgan fingerprint density at radius 3 is 1.20 bits per heavy atom. The number of hydrogen-bond acceptors (Lipinski definition) is 31. The summed E-state index contributed by atoms with van der Waals surface area (Å²) < 4.78 is 60.6. The number of H-pyrrole nitrogens is 1. The van der Waals surface area contributed by atoms with Gasteiger partial charge in [0.25, 0.3) is 0 Å². The standard InChI is InChI=1S/C39H42N6O4S.C31H34N6O3S.C29H25IN2O4S.C10H18N4/c1-26-23-41-34(24-40-26)32(14-15-44(2)3)42-28-10-13-35-37(20-28)50-36-7-5-6-31(39(36)49-35)33-21-29(45-16-18-47-19-17-45)22-38(43-33)48-25-27-8-11-30(46-4)12-9-27;1-20-18-33-26(19-32-20)24(9-10-36(2)3)34-21-7-8-27-29(15-21)41-28-6-4-5-23(31(28)40-27)25-16-22(17-30(38)35-25)37-11-13-39-14-12-37;1-33-22-8-5-19(6-9-22)18-35-28-17-21(32-11-13-34-14-12-32)16-24(31-28)23-3-2-4-26-29(23)36-25-10-7-20(30)15-27(25)37-26;1-8-6-13-10(7-12-8)9(11)4-5-14(2)3/h5-13,20-24,32,42H,14-19,25H2,1-4H3;4-8,15-19,24,34H,9-14H2,1-3H3,(H,35,38);2-10,15-17H,11-14,18H2,1H3;6-7,9H,4-5,11H2,1-3H3. The molecule has 0 bridgehead atoms. The highest BCUT2D eigenvalue weighted by molar-refractivity contribution is 14.1. The number of aromatic nitrogens is 9. The molecule has 5 N–H and O–H groups in total. The molecule has 6 aromatic heterocycles. The van der Waals surface area contributed by atoms with E-state index in [-0.39, 0.29) is 23.7 Å². The summed E-state index contributed by atoms with van der Waals surface area (Å²) in [6.45, 7) is 18.3. The zero-order valence-corrected chi connectivity index (χ0v) is 86.4. The van der Waals surface area contributed by atoms with Crippen LogP contribution in [-0.2, 0) is 27.4 Å². The number of anilines is 5. The number of rotatable bonds is 30. The van der Waals surface area contributed by atoms with Gasteiger partial charge in [0.05, 0.1) is 165 Å². The Balaban J connectivity index is 0.000000138. The number of pyridine rings is 3. The van der Waals surface area contributed by atoms with E-state index in [4.69, 9.17) is 63.1 Å². The van der Waals surface area contributed by atoms with E-state index < -0.39 is 0 Å². The summed E-state index contributed by atoms with van der Waals surface area (Å²) in [5.41, 5.74) is 23.4. The van der Waals surface area contributed by atoms with Crippen LogP contribution in [0.3, 0.4) is 0 Å². The first-order valence-corrected chi connectivity index (χ1v) is 51.0. The van der Waals surface area contributed by atoms with Gasteiger partial charge in [-0.3, -0.25) is 34.7 Å². The maximum Gasteiger partial charge on any atom is 0.250 e. The van der Waals surface area contributed by atoms with Crippen molar-refractivity contribution in [3.05, 3.63) is 291 Å². The number of para-hydroxylation sites is 3. The minimum Gasteiger partial charge on any atom is -0.497 e. The lowest BCUT2D eigenvalue weighted by Crippen LogP contribution is -2.36. The molecule has 736 valence electrons. The summed E-state index contributed by atoms with van der Waals surface area (Å²) in [6, 6.07) is 64.9. The van der Waals surface area contributed by atoms with E-state index in [1.54, 1.807) is 68.0 Å². The molecule has 0 spiro atoms. The second kappa shape index (κ2) is 48.4. The van der Waals surface area contributed by atoms with Crippen LogP contribution in [0.5, 0.6) is 57.8 Å². The van der Waals surface area contributed by atoms with Gasteiger partial charge >= 0.3 is 0 Å². The number of benzene rings is 8. The molecule has 6 aliphatic heterocycles. The fourth-order valence-electron chi connectivity index (χ4n) is 16.5. The van der Waals surface area contributed by atoms with Crippen LogP contribution in [0, 0.1) is 24.3 Å². The fourth-order valence-corrected chi connectivity index (χ4v) is 20.3. The predicted molar refractivity (Wildman–Crippen MR) is 570 cm³/mol. The van der Waals surface area contributed by atoms with Crippen LogP contribution in [0.15, 0.2) is 265 Å². The predicted octanol–water partition coefficient (Wildman–Crippen LogP) is 20.7. The quantitative estimate of drug-likeness (QED) is 0.0304. The number of aromatic amines is 1. The van der Waals surface area contributed by atoms with Crippen molar-refractivity contribution < 1.29 is 47.4 Å². The Hall–Kier alpha value is -12.7. The van der Waals surface area contributed by atoms with Gasteiger partial charge in [-0.1, -0.05) is 77.8 Å². The number of nitrogens with zero attached hydrogens (tertiary/aromatic N) is 14. The van der Waals surface area contributed by atoms with Crippen molar-refractivity contribution in [2.24, 2.45) is 5.73 Å². The summed E-state index contributed by atoms with van der Waals surface area (Å²) in [4.78, 5) is 71.9. The lowest BCUT2D eigenvalue weighted by Gasteiger charge is -2.29. The highest BCUT2D eigenvalue weighted by Crippen LogP contribution is 2.55. The average molecular weight is 2080 g/mol. The van der Waals surface area contributed by atoms with Crippen molar-refractivity contribution in [1.82, 2.24) is 59.6 Å². The monoisotopic (exact) mass is 2080 g/mol. The second-order valence-electron chi connectivity index (χ2n) is 35.7. The summed E-state index contributed by atoms with van der Waals surface area (Å²) >= 11 is 7.42. The molecule has 14 aromatic rings. The van der Waals surface area contributed by atoms with Gasteiger partial charge in [-0.2, -0.15) is 0 Å². The summed E-state index contributed by atoms with van der Waals surface area (Å²) in [7, 11) is 15.7. The van der Waals surface area contributed by atoms with Crippen LogP contribution < -0.4 is 69.8 Å². The van der Waals surface area contributed by atoms with Gasteiger partial charge in [-0.25, -0.2) is 9.97 Å². The van der Waals surface area contributed by atoms with E-state index in [0.717, 1.165) is 261 Å². The number of fused-ring (bicyclic) bond motifs is 6. The van der Waals surface area contributed by atoms with E-state index in [0.29, 0.717) is 64.6 Å². The third-order valence-electron chi connectivity index (χ3n) is 24.3. The molecule has 0 radical (unpaired) electrons. The first-order valence-electron chi connectivity index (χ1n) is 47.5. The molecule has 0 saturated carbocycles. The van der Waals surface area contributed by atoms with Crippen LogP contribution in [-0.4, -0.2) is 215 Å². The Bertz CT molecular complexity index is 6660. The number of methoxy groups -OCH3 is 2. The number of halogens is 1. The number of nitrogens with two attached hydrogens (primary N) is 1. The van der Waals surface area contributed by atoms with Crippen molar-refractivity contribution in [3.8, 4) is 91.5 Å². The molecular formula is C109H119IN18O11S3. The number of ether oxygens (including phenoxy) is 10. The van der Waals surface area contributed by atoms with E-state index >= 15 is 0 Å². The number of nitrogens with one attached hydrogen (secondary N) is 3. The smallest absolute Gasteiger partial charge is 0.250 e. The molecule has 29 nitrogen and oxygen atoms in total. The molecule has 3 fully saturated rings. The van der Waals surface area contributed by atoms with Gasteiger partial charge in [-0.15, -0.1) is 0 Å². The molecule has 0 aliphatic carbocycles. The number of morpholine rings is 3. The molecule has 3 atom stereocenters. The van der Waals surface area contributed by atoms with Gasteiger partial charge < -0.3 is 98.1 Å². The van der Waals surface area contributed by atoms with Crippen LogP contribution in [0.4, 0.5) is 28.4 Å². The molecular weight excluding hydrogens is 1960 g/mol. The van der Waals surface area contributed by atoms with E-state index in [1.807, 2.05) is 163 Å². The number of aryl methyl sites for hydroxylation is 3. The Morgan fingerprint density at radius 2 is 0.803 bits per heavy atom. The Kier molecular flexibility index (Phi) is 34.4. The lowest BCUT2D eigenvalue weighted by atomic mass is 10.1. The Labute approximate surface area is 855 Å². The van der Waals surface area contributed by atoms with Crippen molar-refractivity contribution in [1.29, 1.82) is 0 Å². The largest absolute Gasteiger partial charge is 0.497 e. The van der Waals surface area contributed by atoms with Gasteiger partial charge in [0.1, 0.15) is 42.0 Å². The lowest BCUT2D eigenvalue weighted by molar-refractivity contribution is 0.122. The highest BCUT2D eigenvalue weighted by atomic mass is 127. The SMILES string of the molecule is COc1ccc(COc2cc(N3CCOCC3)cc(-c3cccc4c3Oc3ccc(I)cc3S4)n2)cc1.COc1ccc(COc2cc(N3CCOCC3)cc(-c3cccc4c3Oc3ccc(NC(CCN(C)C)c5cnc(C)cn5)cc3S4)n2)cc1.Cc1cnc(C(CCN(C)C)Nc2ccc3c(c2)Sc2cccc(-c4cc(N5CCOCC5)cc(=O)[nH]4)c2O3)cn1.Cc1cnc(C(N)CCN(C)C)cn1. The third-order valence-corrected chi connectivity index (χ3v) is 28.2. The summed E-state index contributed by atoms with van der Waals surface area (Å²) in [6.07, 6.45) is 13.6. The second-order valence-corrected chi connectivity index (χ2v) is 40.2. The molecule has 142 heavy (non-hydrogen) atoms. The number of hydrogen-bond donors (Lipinski definition) is 4. The zero-order valence-electron chi connectivity index (χ0n) is 81.7. The normalized spacial score (nSPS) is 14.5.